The number of halogens is 2. The summed E-state index contributed by atoms with van der Waals surface area (Å²) < 4.78 is 1.80. The van der Waals surface area contributed by atoms with Crippen molar-refractivity contribution in [3.8, 4) is 0 Å². The second kappa shape index (κ2) is 9.60. The van der Waals surface area contributed by atoms with Gasteiger partial charge in [0.05, 0.1) is 17.9 Å². The molecule has 0 aliphatic carbocycles. The van der Waals surface area contributed by atoms with E-state index in [2.05, 4.69) is 34.8 Å². The number of thioether (sulfide) groups is 1. The van der Waals surface area contributed by atoms with E-state index < -0.39 is 0 Å². The zero-order valence-electron chi connectivity index (χ0n) is 14.7. The maximum atomic E-state index is 12.6. The minimum Gasteiger partial charge on any atom is -0.319 e. The number of hydrogen-bond acceptors (Lipinski definition) is 5. The van der Waals surface area contributed by atoms with E-state index >= 15 is 0 Å². The second-order valence-electron chi connectivity index (χ2n) is 6.33. The lowest BCUT2D eigenvalue weighted by Crippen LogP contribution is -2.29. The number of carbonyl (C=O) groups is 1. The van der Waals surface area contributed by atoms with Crippen molar-refractivity contribution in [1.82, 2.24) is 20.3 Å². The predicted molar refractivity (Wildman–Crippen MR) is 109 cm³/mol. The summed E-state index contributed by atoms with van der Waals surface area (Å²) in [6, 6.07) is 5.82. The third kappa shape index (κ3) is 5.36. The number of hydrogen-bond donors (Lipinski definition) is 2. The largest absolute Gasteiger partial charge is 0.319 e. The second-order valence-corrected chi connectivity index (χ2v) is 8.38. The van der Waals surface area contributed by atoms with Gasteiger partial charge in [-0.1, -0.05) is 30.7 Å². The van der Waals surface area contributed by atoms with Gasteiger partial charge < -0.3 is 10.6 Å². The summed E-state index contributed by atoms with van der Waals surface area (Å²) in [5.41, 5.74) is 1.02. The highest BCUT2D eigenvalue weighted by molar-refractivity contribution is 8.00. The molecule has 2 aromatic rings. The van der Waals surface area contributed by atoms with Gasteiger partial charge in [-0.05, 0) is 44.1 Å². The number of nitrogens with zero attached hydrogens (tertiary/aromatic N) is 3. The molecule has 2 heterocycles. The van der Waals surface area contributed by atoms with Crippen LogP contribution >= 0.6 is 35.8 Å². The Balaban J connectivity index is 0.00000243. The summed E-state index contributed by atoms with van der Waals surface area (Å²) >= 11 is 7.77. The van der Waals surface area contributed by atoms with Gasteiger partial charge in [0.1, 0.15) is 0 Å². The topological polar surface area (TPSA) is 71.8 Å². The van der Waals surface area contributed by atoms with Gasteiger partial charge in [-0.15, -0.1) is 29.3 Å². The molecule has 1 aliphatic rings. The first kappa shape index (κ1) is 21.0. The van der Waals surface area contributed by atoms with Gasteiger partial charge in [0.2, 0.25) is 0 Å². The number of nitrogens with one attached hydrogen (secondary N) is 2. The number of benzene rings is 1. The van der Waals surface area contributed by atoms with Crippen LogP contribution < -0.4 is 10.6 Å². The van der Waals surface area contributed by atoms with Gasteiger partial charge >= 0.3 is 0 Å². The minimum absolute atomic E-state index is 0. The Kier molecular flexibility index (Phi) is 7.76. The van der Waals surface area contributed by atoms with Gasteiger partial charge in [0, 0.05) is 15.2 Å². The molecule has 1 aliphatic heterocycles. The van der Waals surface area contributed by atoms with Crippen LogP contribution in [0.25, 0.3) is 0 Å². The van der Waals surface area contributed by atoms with Crippen LogP contribution in [0.2, 0.25) is 5.02 Å². The van der Waals surface area contributed by atoms with Gasteiger partial charge in [0.25, 0.3) is 5.91 Å². The van der Waals surface area contributed by atoms with Gasteiger partial charge in [-0.3, -0.25) is 4.79 Å². The van der Waals surface area contributed by atoms with Crippen LogP contribution in [-0.2, 0) is 0 Å². The van der Waals surface area contributed by atoms with Crippen LogP contribution in [0.15, 0.2) is 29.3 Å². The highest BCUT2D eigenvalue weighted by Gasteiger charge is 2.19. The Morgan fingerprint density at radius 3 is 2.81 bits per heavy atom. The predicted octanol–water partition coefficient (Wildman–Crippen LogP) is 4.03. The van der Waals surface area contributed by atoms with E-state index in [1.807, 2.05) is 12.1 Å². The molecule has 0 radical (unpaired) electrons. The number of carbonyl (C=O) groups excluding carboxylic acids is 1. The van der Waals surface area contributed by atoms with Crippen LogP contribution in [-0.4, -0.2) is 39.2 Å². The monoisotopic (exact) mass is 415 g/mol. The fourth-order valence-corrected chi connectivity index (χ4v) is 3.84. The van der Waals surface area contributed by atoms with Crippen molar-refractivity contribution >= 4 is 47.4 Å². The average Bonchev–Trinajstić information content (AvgIpc) is 3.08. The number of piperidine rings is 1. The molecule has 6 nitrogen and oxygen atoms in total. The SMILES string of the molecule is CC(C)Sc1ccc(Cl)cc1NC(=O)c1cn(C2CCNCC2)nn1.Cl. The number of aromatic nitrogens is 3. The quantitative estimate of drug-likeness (QED) is 0.721. The van der Waals surface area contributed by atoms with Crippen molar-refractivity contribution in [3.05, 3.63) is 35.1 Å². The van der Waals surface area contributed by atoms with Crippen molar-refractivity contribution < 1.29 is 4.79 Å². The van der Waals surface area contributed by atoms with E-state index in [-0.39, 0.29) is 18.3 Å². The van der Waals surface area contributed by atoms with Gasteiger partial charge in [-0.2, -0.15) is 0 Å². The summed E-state index contributed by atoms with van der Waals surface area (Å²) in [5, 5.41) is 15.4. The fourth-order valence-electron chi connectivity index (χ4n) is 2.77. The summed E-state index contributed by atoms with van der Waals surface area (Å²) in [7, 11) is 0. The summed E-state index contributed by atoms with van der Waals surface area (Å²) in [5.74, 6) is -0.270. The molecule has 0 atom stereocenters. The molecule has 1 aromatic carbocycles. The van der Waals surface area contributed by atoms with Crippen molar-refractivity contribution in [2.75, 3.05) is 18.4 Å². The lowest BCUT2D eigenvalue weighted by molar-refractivity contribution is 0.102. The maximum Gasteiger partial charge on any atom is 0.277 e. The number of anilines is 1. The van der Waals surface area contributed by atoms with Crippen LogP contribution in [0.1, 0.15) is 43.2 Å². The lowest BCUT2D eigenvalue weighted by atomic mass is 10.1. The smallest absolute Gasteiger partial charge is 0.277 e. The molecule has 1 amide bonds. The van der Waals surface area contributed by atoms with E-state index in [0.717, 1.165) is 30.8 Å². The normalized spacial score (nSPS) is 14.9. The van der Waals surface area contributed by atoms with Crippen LogP contribution in [0.4, 0.5) is 5.69 Å². The van der Waals surface area contributed by atoms with Gasteiger partial charge in [-0.25, -0.2) is 4.68 Å². The Morgan fingerprint density at radius 2 is 2.12 bits per heavy atom. The fraction of sp³-hybridized carbons (Fsp3) is 0.471. The van der Waals surface area contributed by atoms with E-state index in [9.17, 15) is 4.79 Å². The lowest BCUT2D eigenvalue weighted by Gasteiger charge is -2.22. The molecule has 1 fully saturated rings. The van der Waals surface area contributed by atoms with Crippen molar-refractivity contribution in [2.45, 2.75) is 42.9 Å². The Bertz CT molecular complexity index is 747. The molecular formula is C17H23Cl2N5OS. The molecule has 1 aromatic heterocycles. The molecular weight excluding hydrogens is 393 g/mol. The molecule has 3 rings (SSSR count). The first-order chi connectivity index (χ1) is 12.0. The molecule has 9 heteroatoms. The molecule has 0 spiro atoms. The molecule has 0 unspecified atom stereocenters. The van der Waals surface area contributed by atoms with Crippen molar-refractivity contribution in [1.29, 1.82) is 0 Å². The zero-order chi connectivity index (χ0) is 17.8. The number of rotatable bonds is 5. The maximum absolute atomic E-state index is 12.6. The molecule has 2 N–H and O–H groups in total. The van der Waals surface area contributed by atoms with Crippen LogP contribution in [0.5, 0.6) is 0 Å². The van der Waals surface area contributed by atoms with Crippen LogP contribution in [0, 0.1) is 0 Å². The Morgan fingerprint density at radius 1 is 1.38 bits per heavy atom. The van der Waals surface area contributed by atoms with Crippen LogP contribution in [0.3, 0.4) is 0 Å². The number of amides is 1. The molecule has 1 saturated heterocycles. The first-order valence-corrected chi connectivity index (χ1v) is 9.69. The minimum atomic E-state index is -0.270. The van der Waals surface area contributed by atoms with E-state index in [1.54, 1.807) is 28.7 Å². The molecule has 26 heavy (non-hydrogen) atoms. The molecule has 0 bridgehead atoms. The first-order valence-electron chi connectivity index (χ1n) is 8.43. The van der Waals surface area contributed by atoms with Crippen molar-refractivity contribution in [3.63, 3.8) is 0 Å². The highest BCUT2D eigenvalue weighted by Crippen LogP contribution is 2.32. The summed E-state index contributed by atoms with van der Waals surface area (Å²) in [4.78, 5) is 13.6. The van der Waals surface area contributed by atoms with Crippen molar-refractivity contribution in [2.24, 2.45) is 0 Å². The Labute approximate surface area is 168 Å². The highest BCUT2D eigenvalue weighted by atomic mass is 35.5. The molecule has 142 valence electrons. The zero-order valence-corrected chi connectivity index (χ0v) is 17.1. The standard InChI is InChI=1S/C17H22ClN5OS.ClH/c1-11(2)25-16-4-3-12(18)9-14(16)20-17(24)15-10-23(22-21-15)13-5-7-19-8-6-13;/h3-4,9-11,13,19H,5-8H2,1-2H3,(H,20,24);1H. The summed E-state index contributed by atoms with van der Waals surface area (Å²) in [6.07, 6.45) is 3.72. The van der Waals surface area contributed by atoms with Gasteiger partial charge in [0.15, 0.2) is 5.69 Å². The van der Waals surface area contributed by atoms with E-state index in [4.69, 9.17) is 11.6 Å². The average molecular weight is 416 g/mol. The van der Waals surface area contributed by atoms with E-state index in [0.29, 0.717) is 27.7 Å². The molecule has 0 saturated carbocycles. The van der Waals surface area contributed by atoms with E-state index in [1.165, 1.54) is 0 Å². The Hall–Kier alpha value is -1.28. The summed E-state index contributed by atoms with van der Waals surface area (Å²) in [6.45, 7) is 6.14. The third-order valence-electron chi connectivity index (χ3n) is 3.98. The third-order valence-corrected chi connectivity index (χ3v) is 5.29.